The van der Waals surface area contributed by atoms with Gasteiger partial charge in [-0.25, -0.2) is 0 Å². The molecule has 0 heterocycles. The number of fused-ring (bicyclic) bond motifs is 5. The van der Waals surface area contributed by atoms with Gasteiger partial charge < -0.3 is 5.11 Å². The average molecular weight is 300 g/mol. The van der Waals surface area contributed by atoms with Crippen molar-refractivity contribution in [1.82, 2.24) is 0 Å². The van der Waals surface area contributed by atoms with Crippen LogP contribution >= 0.6 is 0 Å². The van der Waals surface area contributed by atoms with E-state index in [1.165, 1.54) is 38.5 Å². The van der Waals surface area contributed by atoms with Gasteiger partial charge >= 0.3 is 0 Å². The Morgan fingerprint density at radius 3 is 2.59 bits per heavy atom. The predicted molar refractivity (Wildman–Crippen MR) is 91.5 cm³/mol. The third-order valence-electron chi connectivity index (χ3n) is 8.27. The quantitative estimate of drug-likeness (QED) is 0.605. The molecule has 1 nitrogen and oxygen atoms in total. The first-order chi connectivity index (χ1) is 10.5. The lowest BCUT2D eigenvalue weighted by molar-refractivity contribution is -0.0268. The maximum atomic E-state index is 10.1. The van der Waals surface area contributed by atoms with Crippen molar-refractivity contribution in [2.24, 2.45) is 28.6 Å². The highest BCUT2D eigenvalue weighted by Crippen LogP contribution is 2.66. The lowest BCUT2D eigenvalue weighted by atomic mass is 9.48. The topological polar surface area (TPSA) is 20.2 Å². The zero-order chi connectivity index (χ0) is 15.5. The molecule has 122 valence electrons. The number of hydrogen-bond acceptors (Lipinski definition) is 1. The predicted octanol–water partition coefficient (Wildman–Crippen LogP) is 5.26. The normalized spacial score (nSPS) is 52.7. The molecular weight excluding hydrogens is 268 g/mol. The lowest BCUT2D eigenvalue weighted by Crippen LogP contribution is -2.49. The summed E-state index contributed by atoms with van der Waals surface area (Å²) in [6.45, 7) is 7.33. The standard InChI is InChI=1S/C21H32O/c1-4-14-6-8-18-17-7-5-15-13-16(22)9-11-21(15,3)19(17)10-12-20(14,18)2/h4-5,16-19,22H,6-13H2,1-3H3/b14-4+. The minimum Gasteiger partial charge on any atom is -0.393 e. The van der Waals surface area contributed by atoms with Gasteiger partial charge in [0.15, 0.2) is 0 Å². The Labute approximate surface area is 135 Å². The first-order valence-corrected chi connectivity index (χ1v) is 9.52. The van der Waals surface area contributed by atoms with Crippen molar-refractivity contribution in [3.63, 3.8) is 0 Å². The fourth-order valence-corrected chi connectivity index (χ4v) is 6.96. The summed E-state index contributed by atoms with van der Waals surface area (Å²) >= 11 is 0. The van der Waals surface area contributed by atoms with E-state index in [0.29, 0.717) is 10.8 Å². The van der Waals surface area contributed by atoms with Crippen molar-refractivity contribution in [1.29, 1.82) is 0 Å². The first-order valence-electron chi connectivity index (χ1n) is 9.52. The summed E-state index contributed by atoms with van der Waals surface area (Å²) < 4.78 is 0. The molecule has 0 amide bonds. The van der Waals surface area contributed by atoms with Gasteiger partial charge in [0.25, 0.3) is 0 Å². The molecule has 1 heteroatoms. The van der Waals surface area contributed by atoms with Crippen LogP contribution in [0.1, 0.15) is 72.1 Å². The molecule has 0 aromatic heterocycles. The molecule has 0 aromatic rings. The summed E-state index contributed by atoms with van der Waals surface area (Å²) in [5.74, 6) is 2.66. The fraction of sp³-hybridized carbons (Fsp3) is 0.810. The number of aliphatic hydroxyl groups excluding tert-OH is 1. The molecule has 6 atom stereocenters. The van der Waals surface area contributed by atoms with Gasteiger partial charge in [0.2, 0.25) is 0 Å². The second kappa shape index (κ2) is 4.97. The molecule has 0 spiro atoms. The van der Waals surface area contributed by atoms with E-state index >= 15 is 0 Å². The molecule has 0 aromatic carbocycles. The SMILES string of the molecule is C/C=C1\CCC2C3CC=C4CC(O)CCC4(C)C3CCC12C. The van der Waals surface area contributed by atoms with Crippen LogP contribution in [0.4, 0.5) is 0 Å². The molecule has 0 aliphatic heterocycles. The average Bonchev–Trinajstić information content (AvgIpc) is 2.84. The smallest absolute Gasteiger partial charge is 0.0577 e. The van der Waals surface area contributed by atoms with E-state index in [2.05, 4.69) is 32.9 Å². The zero-order valence-electron chi connectivity index (χ0n) is 14.6. The molecule has 4 aliphatic rings. The van der Waals surface area contributed by atoms with Crippen LogP contribution in [0, 0.1) is 28.6 Å². The van der Waals surface area contributed by atoms with Crippen LogP contribution in [-0.4, -0.2) is 11.2 Å². The molecule has 1 N–H and O–H groups in total. The second-order valence-corrected chi connectivity index (χ2v) is 8.96. The van der Waals surface area contributed by atoms with Crippen LogP contribution in [0.15, 0.2) is 23.3 Å². The molecule has 0 bridgehead atoms. The summed E-state index contributed by atoms with van der Waals surface area (Å²) in [4.78, 5) is 0. The molecule has 0 saturated heterocycles. The van der Waals surface area contributed by atoms with E-state index in [1.807, 2.05) is 0 Å². The number of aliphatic hydroxyl groups is 1. The maximum Gasteiger partial charge on any atom is 0.0577 e. The molecule has 4 rings (SSSR count). The van der Waals surface area contributed by atoms with Crippen molar-refractivity contribution in [2.45, 2.75) is 78.2 Å². The van der Waals surface area contributed by atoms with Gasteiger partial charge in [-0.2, -0.15) is 0 Å². The summed E-state index contributed by atoms with van der Waals surface area (Å²) in [6, 6.07) is 0. The van der Waals surface area contributed by atoms with Gasteiger partial charge in [0.05, 0.1) is 6.10 Å². The Balaban J connectivity index is 1.69. The second-order valence-electron chi connectivity index (χ2n) is 8.96. The molecule has 3 saturated carbocycles. The van der Waals surface area contributed by atoms with Crippen LogP contribution in [-0.2, 0) is 0 Å². The maximum absolute atomic E-state index is 10.1. The third kappa shape index (κ3) is 1.87. The van der Waals surface area contributed by atoms with Gasteiger partial charge in [0, 0.05) is 0 Å². The van der Waals surface area contributed by atoms with Crippen LogP contribution in [0.5, 0.6) is 0 Å². The highest BCUT2D eigenvalue weighted by Gasteiger charge is 2.56. The van der Waals surface area contributed by atoms with E-state index in [-0.39, 0.29) is 6.10 Å². The number of allylic oxidation sites excluding steroid dienone is 3. The molecule has 6 unspecified atom stereocenters. The van der Waals surface area contributed by atoms with E-state index in [9.17, 15) is 5.11 Å². The van der Waals surface area contributed by atoms with Crippen molar-refractivity contribution >= 4 is 0 Å². The van der Waals surface area contributed by atoms with Gasteiger partial charge in [-0.3, -0.25) is 0 Å². The minimum absolute atomic E-state index is 0.0779. The zero-order valence-corrected chi connectivity index (χ0v) is 14.6. The largest absolute Gasteiger partial charge is 0.393 e. The summed E-state index contributed by atoms with van der Waals surface area (Å²) in [5, 5.41) is 10.1. The monoisotopic (exact) mass is 300 g/mol. The van der Waals surface area contributed by atoms with Gasteiger partial charge in [-0.05, 0) is 86.9 Å². The van der Waals surface area contributed by atoms with Crippen molar-refractivity contribution in [3.8, 4) is 0 Å². The van der Waals surface area contributed by atoms with Crippen molar-refractivity contribution in [2.75, 3.05) is 0 Å². The van der Waals surface area contributed by atoms with Gasteiger partial charge in [0.1, 0.15) is 0 Å². The van der Waals surface area contributed by atoms with E-state index in [1.54, 1.807) is 11.1 Å². The third-order valence-corrected chi connectivity index (χ3v) is 8.27. The number of rotatable bonds is 0. The highest BCUT2D eigenvalue weighted by molar-refractivity contribution is 5.29. The summed E-state index contributed by atoms with van der Waals surface area (Å²) in [6.07, 6.45) is 14.9. The molecule has 22 heavy (non-hydrogen) atoms. The fourth-order valence-electron chi connectivity index (χ4n) is 6.96. The Morgan fingerprint density at radius 1 is 1.09 bits per heavy atom. The van der Waals surface area contributed by atoms with Gasteiger partial charge in [-0.1, -0.05) is 37.1 Å². The van der Waals surface area contributed by atoms with Gasteiger partial charge in [-0.15, -0.1) is 0 Å². The minimum atomic E-state index is -0.0779. The summed E-state index contributed by atoms with van der Waals surface area (Å²) in [7, 11) is 0. The van der Waals surface area contributed by atoms with Crippen LogP contribution < -0.4 is 0 Å². The van der Waals surface area contributed by atoms with Crippen molar-refractivity contribution in [3.05, 3.63) is 23.3 Å². The van der Waals surface area contributed by atoms with Crippen molar-refractivity contribution < 1.29 is 5.11 Å². The van der Waals surface area contributed by atoms with E-state index in [4.69, 9.17) is 0 Å². The van der Waals surface area contributed by atoms with E-state index < -0.39 is 0 Å². The Hall–Kier alpha value is -0.560. The highest BCUT2D eigenvalue weighted by atomic mass is 16.3. The lowest BCUT2D eigenvalue weighted by Gasteiger charge is -2.57. The Morgan fingerprint density at radius 2 is 1.82 bits per heavy atom. The molecule has 3 fully saturated rings. The Kier molecular flexibility index (Phi) is 3.39. The number of hydrogen-bond donors (Lipinski definition) is 1. The molecule has 0 radical (unpaired) electrons. The first kappa shape index (κ1) is 15.0. The summed E-state index contributed by atoms with van der Waals surface area (Å²) in [5.41, 5.74) is 4.23. The van der Waals surface area contributed by atoms with E-state index in [0.717, 1.165) is 30.6 Å². The molecular formula is C21H32O. The Bertz CT molecular complexity index is 530. The molecule has 4 aliphatic carbocycles. The van der Waals surface area contributed by atoms with Crippen LogP contribution in [0.3, 0.4) is 0 Å². The van der Waals surface area contributed by atoms with Crippen LogP contribution in [0.2, 0.25) is 0 Å². The van der Waals surface area contributed by atoms with Crippen LogP contribution in [0.25, 0.3) is 0 Å².